The first-order chi connectivity index (χ1) is 15.2. The molecule has 3 amide bonds. The average molecular weight is 463 g/mol. The molecular formula is C24H35ClN4O3. The highest BCUT2D eigenvalue weighted by Gasteiger charge is 2.23. The molecule has 32 heavy (non-hydrogen) atoms. The Labute approximate surface area is 196 Å². The number of carbonyl (C=O) groups excluding carboxylic acids is 2. The maximum atomic E-state index is 13.3. The van der Waals surface area contributed by atoms with Crippen molar-refractivity contribution in [2.24, 2.45) is 5.92 Å². The molecule has 0 aliphatic rings. The fourth-order valence-corrected chi connectivity index (χ4v) is 3.63. The van der Waals surface area contributed by atoms with Crippen molar-refractivity contribution in [1.29, 1.82) is 0 Å². The van der Waals surface area contributed by atoms with Crippen LogP contribution >= 0.6 is 11.6 Å². The third-order valence-electron chi connectivity index (χ3n) is 5.06. The van der Waals surface area contributed by atoms with Crippen molar-refractivity contribution in [2.45, 2.75) is 26.9 Å². The summed E-state index contributed by atoms with van der Waals surface area (Å²) >= 11 is 6.34. The number of methoxy groups -OCH3 is 1. The molecule has 7 nitrogen and oxygen atoms in total. The molecule has 0 bridgehead atoms. The van der Waals surface area contributed by atoms with Crippen molar-refractivity contribution in [1.82, 2.24) is 19.3 Å². The molecule has 1 heterocycles. The second kappa shape index (κ2) is 12.5. The Morgan fingerprint density at radius 1 is 1.09 bits per heavy atom. The average Bonchev–Trinajstić information content (AvgIpc) is 3.17. The maximum Gasteiger partial charge on any atom is 0.320 e. The number of benzene rings is 1. The number of ether oxygens (including phenoxy) is 1. The monoisotopic (exact) mass is 462 g/mol. The minimum absolute atomic E-state index is 0.0122. The van der Waals surface area contributed by atoms with Gasteiger partial charge in [-0.1, -0.05) is 43.6 Å². The number of hydrogen-bond donors (Lipinski definition) is 0. The molecule has 1 aromatic carbocycles. The number of hydrogen-bond acceptors (Lipinski definition) is 3. The SMILES string of the molecule is COCCN(CC(=O)N(Cc1cccn1Cc1ccccc1Cl)CC(C)C)C(=O)N(C)C. The van der Waals surface area contributed by atoms with Gasteiger partial charge in [0.05, 0.1) is 13.2 Å². The Kier molecular flexibility index (Phi) is 10.1. The predicted molar refractivity (Wildman–Crippen MR) is 128 cm³/mol. The van der Waals surface area contributed by atoms with E-state index in [1.54, 1.807) is 21.2 Å². The molecule has 2 rings (SSSR count). The zero-order chi connectivity index (χ0) is 23.7. The number of halogens is 1. The van der Waals surface area contributed by atoms with Gasteiger partial charge in [0, 0.05) is 57.8 Å². The highest BCUT2D eigenvalue weighted by Crippen LogP contribution is 2.18. The third-order valence-corrected chi connectivity index (χ3v) is 5.43. The van der Waals surface area contributed by atoms with E-state index in [0.29, 0.717) is 38.7 Å². The molecule has 0 atom stereocenters. The van der Waals surface area contributed by atoms with E-state index in [2.05, 4.69) is 18.4 Å². The second-order valence-electron chi connectivity index (χ2n) is 8.48. The van der Waals surface area contributed by atoms with Crippen LogP contribution in [0.5, 0.6) is 0 Å². The first kappa shape index (κ1) is 25.7. The summed E-state index contributed by atoms with van der Waals surface area (Å²) in [7, 11) is 4.94. The molecular weight excluding hydrogens is 428 g/mol. The summed E-state index contributed by atoms with van der Waals surface area (Å²) in [6.07, 6.45) is 2.00. The van der Waals surface area contributed by atoms with Crippen molar-refractivity contribution in [2.75, 3.05) is 47.4 Å². The van der Waals surface area contributed by atoms with Gasteiger partial charge in [0.15, 0.2) is 0 Å². The van der Waals surface area contributed by atoms with Gasteiger partial charge in [-0.15, -0.1) is 0 Å². The molecule has 0 saturated heterocycles. The van der Waals surface area contributed by atoms with E-state index >= 15 is 0 Å². The van der Waals surface area contributed by atoms with Crippen LogP contribution in [0, 0.1) is 5.92 Å². The molecule has 0 aliphatic heterocycles. The van der Waals surface area contributed by atoms with E-state index in [1.165, 1.54) is 9.80 Å². The van der Waals surface area contributed by atoms with Gasteiger partial charge in [-0.25, -0.2) is 4.79 Å². The first-order valence-electron chi connectivity index (χ1n) is 10.8. The summed E-state index contributed by atoms with van der Waals surface area (Å²) in [5.41, 5.74) is 2.04. The van der Waals surface area contributed by atoms with Crippen LogP contribution in [0.3, 0.4) is 0 Å². The van der Waals surface area contributed by atoms with Crippen molar-refractivity contribution in [3.63, 3.8) is 0 Å². The zero-order valence-corrected chi connectivity index (χ0v) is 20.5. The molecule has 0 N–H and O–H groups in total. The van der Waals surface area contributed by atoms with Gasteiger partial charge in [0.25, 0.3) is 0 Å². The standard InChI is InChI=1S/C24H35ClN4O3/c1-19(2)15-29(23(30)18-28(13-14-32-5)24(31)26(3)4)17-21-10-8-12-27(21)16-20-9-6-7-11-22(20)25/h6-12,19H,13-18H2,1-5H3. The molecule has 1 aromatic heterocycles. The van der Waals surface area contributed by atoms with Crippen LogP contribution in [0.15, 0.2) is 42.6 Å². The normalized spacial score (nSPS) is 11.0. The molecule has 8 heteroatoms. The van der Waals surface area contributed by atoms with Crippen LogP contribution in [0.4, 0.5) is 4.79 Å². The van der Waals surface area contributed by atoms with Crippen molar-refractivity contribution in [3.05, 3.63) is 58.9 Å². The lowest BCUT2D eigenvalue weighted by atomic mass is 10.2. The largest absolute Gasteiger partial charge is 0.383 e. The summed E-state index contributed by atoms with van der Waals surface area (Å²) < 4.78 is 7.23. The van der Waals surface area contributed by atoms with Gasteiger partial charge in [0.2, 0.25) is 5.91 Å². The summed E-state index contributed by atoms with van der Waals surface area (Å²) in [6, 6.07) is 11.6. The van der Waals surface area contributed by atoms with Crippen LogP contribution in [-0.2, 0) is 22.6 Å². The van der Waals surface area contributed by atoms with Gasteiger partial charge in [-0.2, -0.15) is 0 Å². The second-order valence-corrected chi connectivity index (χ2v) is 8.89. The van der Waals surface area contributed by atoms with E-state index in [0.717, 1.165) is 16.3 Å². The van der Waals surface area contributed by atoms with Crippen LogP contribution in [0.25, 0.3) is 0 Å². The van der Waals surface area contributed by atoms with E-state index < -0.39 is 0 Å². The quantitative estimate of drug-likeness (QED) is 0.510. The lowest BCUT2D eigenvalue weighted by Gasteiger charge is -2.30. The first-order valence-corrected chi connectivity index (χ1v) is 11.2. The Balaban J connectivity index is 2.18. The number of amides is 3. The summed E-state index contributed by atoms with van der Waals surface area (Å²) in [5.74, 6) is 0.207. The molecule has 0 spiro atoms. The maximum absolute atomic E-state index is 13.3. The Morgan fingerprint density at radius 3 is 2.44 bits per heavy atom. The molecule has 176 valence electrons. The summed E-state index contributed by atoms with van der Waals surface area (Å²) in [6.45, 7) is 6.60. The molecule has 0 unspecified atom stereocenters. The van der Waals surface area contributed by atoms with Gasteiger partial charge in [0.1, 0.15) is 6.54 Å². The predicted octanol–water partition coefficient (Wildman–Crippen LogP) is 3.80. The molecule has 0 aliphatic carbocycles. The van der Waals surface area contributed by atoms with E-state index in [4.69, 9.17) is 16.3 Å². The minimum Gasteiger partial charge on any atom is -0.383 e. The lowest BCUT2D eigenvalue weighted by Crippen LogP contribution is -2.48. The van der Waals surface area contributed by atoms with Gasteiger partial charge < -0.3 is 24.0 Å². The smallest absolute Gasteiger partial charge is 0.320 e. The summed E-state index contributed by atoms with van der Waals surface area (Å²) in [4.78, 5) is 30.6. The molecule has 0 radical (unpaired) electrons. The molecule has 0 saturated carbocycles. The highest BCUT2D eigenvalue weighted by molar-refractivity contribution is 6.31. The highest BCUT2D eigenvalue weighted by atomic mass is 35.5. The van der Waals surface area contributed by atoms with Crippen molar-refractivity contribution >= 4 is 23.5 Å². The number of rotatable bonds is 11. The number of nitrogens with zero attached hydrogens (tertiary/aromatic N) is 4. The number of urea groups is 1. The van der Waals surface area contributed by atoms with Gasteiger partial charge >= 0.3 is 6.03 Å². The topological polar surface area (TPSA) is 58.0 Å². The van der Waals surface area contributed by atoms with Gasteiger partial charge in [-0.05, 0) is 29.7 Å². The van der Waals surface area contributed by atoms with Crippen LogP contribution in [-0.4, -0.2) is 78.7 Å². The fourth-order valence-electron chi connectivity index (χ4n) is 3.44. The minimum atomic E-state index is -0.206. The fraction of sp³-hybridized carbons (Fsp3) is 0.500. The molecule has 0 fully saturated rings. The van der Waals surface area contributed by atoms with Crippen LogP contribution in [0.1, 0.15) is 25.1 Å². The number of carbonyl (C=O) groups is 2. The Morgan fingerprint density at radius 2 is 1.81 bits per heavy atom. The Bertz CT molecular complexity index is 882. The van der Waals surface area contributed by atoms with Crippen molar-refractivity contribution < 1.29 is 14.3 Å². The lowest BCUT2D eigenvalue weighted by molar-refractivity contribution is -0.133. The van der Waals surface area contributed by atoms with Gasteiger partial charge in [-0.3, -0.25) is 4.79 Å². The summed E-state index contributed by atoms with van der Waals surface area (Å²) in [5, 5.41) is 0.721. The number of aromatic nitrogens is 1. The zero-order valence-electron chi connectivity index (χ0n) is 19.8. The van der Waals surface area contributed by atoms with Crippen LogP contribution < -0.4 is 0 Å². The van der Waals surface area contributed by atoms with E-state index in [9.17, 15) is 9.59 Å². The molecule has 2 aromatic rings. The van der Waals surface area contributed by atoms with E-state index in [-0.39, 0.29) is 18.5 Å². The van der Waals surface area contributed by atoms with Crippen LogP contribution in [0.2, 0.25) is 5.02 Å². The van der Waals surface area contributed by atoms with E-state index in [1.807, 2.05) is 47.5 Å². The van der Waals surface area contributed by atoms with Crippen molar-refractivity contribution in [3.8, 4) is 0 Å². The third kappa shape index (κ3) is 7.57. The Hall–Kier alpha value is -2.51.